The van der Waals surface area contributed by atoms with Gasteiger partial charge in [0.25, 0.3) is 0 Å². The molecule has 0 radical (unpaired) electrons. The van der Waals surface area contributed by atoms with Gasteiger partial charge in [-0.1, -0.05) is 59.1 Å². The number of anilines is 1. The molecule has 0 aliphatic heterocycles. The number of amides is 1. The maximum Gasteiger partial charge on any atom is 0.237 e. The van der Waals surface area contributed by atoms with Crippen LogP contribution in [-0.2, 0) is 10.5 Å². The molecule has 2 nitrogen and oxygen atoms in total. The van der Waals surface area contributed by atoms with Gasteiger partial charge in [0.15, 0.2) is 0 Å². The smallest absolute Gasteiger partial charge is 0.237 e. The fraction of sp³-hybridized carbons (Fsp3) is 0.235. The Bertz CT molecular complexity index is 638. The molecule has 0 fully saturated rings. The summed E-state index contributed by atoms with van der Waals surface area (Å²) >= 11 is 13.7. The summed E-state index contributed by atoms with van der Waals surface area (Å²) in [5.41, 5.74) is 2.90. The number of thioether (sulfide) groups is 1. The molecule has 116 valence electrons. The molecule has 1 unspecified atom stereocenters. The zero-order valence-corrected chi connectivity index (χ0v) is 14.7. The van der Waals surface area contributed by atoms with Gasteiger partial charge >= 0.3 is 0 Å². The maximum absolute atomic E-state index is 12.2. The average Bonchev–Trinajstić information content (AvgIpc) is 2.50. The molecule has 22 heavy (non-hydrogen) atoms. The predicted octanol–water partition coefficient (Wildman–Crippen LogP) is 5.56. The highest BCUT2D eigenvalue weighted by Crippen LogP contribution is 2.30. The molecule has 0 saturated heterocycles. The Labute approximate surface area is 145 Å². The predicted molar refractivity (Wildman–Crippen MR) is 97.0 cm³/mol. The SMILES string of the molecule is Cc1ccc(CSC(C)C(=O)Nc2c(Cl)cccc2Cl)cc1. The number of para-hydroxylation sites is 1. The first-order chi connectivity index (χ1) is 10.5. The van der Waals surface area contributed by atoms with Gasteiger partial charge in [-0.15, -0.1) is 11.8 Å². The van der Waals surface area contributed by atoms with Crippen LogP contribution in [0.1, 0.15) is 18.1 Å². The normalized spacial score (nSPS) is 12.0. The molecule has 0 aliphatic rings. The van der Waals surface area contributed by atoms with Crippen molar-refractivity contribution in [1.82, 2.24) is 0 Å². The highest BCUT2D eigenvalue weighted by Gasteiger charge is 2.16. The van der Waals surface area contributed by atoms with Crippen LogP contribution in [0.15, 0.2) is 42.5 Å². The van der Waals surface area contributed by atoms with Crippen LogP contribution in [0.3, 0.4) is 0 Å². The molecular formula is C17H17Cl2NOS. The Morgan fingerprint density at radius 2 is 1.73 bits per heavy atom. The van der Waals surface area contributed by atoms with E-state index in [0.717, 1.165) is 5.75 Å². The number of carbonyl (C=O) groups is 1. The number of halogens is 2. The number of aryl methyl sites for hydroxylation is 1. The zero-order chi connectivity index (χ0) is 16.1. The van der Waals surface area contributed by atoms with E-state index in [0.29, 0.717) is 15.7 Å². The van der Waals surface area contributed by atoms with E-state index >= 15 is 0 Å². The third-order valence-electron chi connectivity index (χ3n) is 3.20. The molecule has 0 spiro atoms. The zero-order valence-electron chi connectivity index (χ0n) is 12.4. The lowest BCUT2D eigenvalue weighted by Gasteiger charge is -2.14. The second-order valence-electron chi connectivity index (χ2n) is 5.02. The van der Waals surface area contributed by atoms with Crippen LogP contribution in [0.25, 0.3) is 0 Å². The van der Waals surface area contributed by atoms with Crippen LogP contribution in [0.2, 0.25) is 10.0 Å². The Hall–Kier alpha value is -1.16. The van der Waals surface area contributed by atoms with Gasteiger partial charge in [0.2, 0.25) is 5.91 Å². The summed E-state index contributed by atoms with van der Waals surface area (Å²) in [7, 11) is 0. The summed E-state index contributed by atoms with van der Waals surface area (Å²) in [5.74, 6) is 0.678. The molecule has 0 aromatic heterocycles. The van der Waals surface area contributed by atoms with Crippen molar-refractivity contribution in [3.05, 3.63) is 63.6 Å². The monoisotopic (exact) mass is 353 g/mol. The van der Waals surface area contributed by atoms with E-state index in [1.807, 2.05) is 6.92 Å². The van der Waals surface area contributed by atoms with Crippen molar-refractivity contribution in [1.29, 1.82) is 0 Å². The molecule has 2 aromatic rings. The van der Waals surface area contributed by atoms with Crippen LogP contribution >= 0.6 is 35.0 Å². The van der Waals surface area contributed by atoms with E-state index in [1.165, 1.54) is 11.1 Å². The topological polar surface area (TPSA) is 29.1 Å². The van der Waals surface area contributed by atoms with Crippen LogP contribution < -0.4 is 5.32 Å². The number of nitrogens with one attached hydrogen (secondary N) is 1. The van der Waals surface area contributed by atoms with Gasteiger partial charge in [-0.3, -0.25) is 4.79 Å². The Balaban J connectivity index is 1.93. The highest BCUT2D eigenvalue weighted by molar-refractivity contribution is 7.99. The summed E-state index contributed by atoms with van der Waals surface area (Å²) in [5, 5.41) is 3.48. The van der Waals surface area contributed by atoms with Crippen molar-refractivity contribution in [2.45, 2.75) is 24.9 Å². The van der Waals surface area contributed by atoms with Crippen molar-refractivity contribution in [2.24, 2.45) is 0 Å². The average molecular weight is 354 g/mol. The van der Waals surface area contributed by atoms with Gasteiger partial charge in [0.05, 0.1) is 21.0 Å². The van der Waals surface area contributed by atoms with Crippen molar-refractivity contribution in [3.63, 3.8) is 0 Å². The molecule has 0 heterocycles. The van der Waals surface area contributed by atoms with E-state index in [1.54, 1.807) is 30.0 Å². The fourth-order valence-electron chi connectivity index (χ4n) is 1.82. The minimum absolute atomic E-state index is 0.105. The largest absolute Gasteiger partial charge is 0.323 e. The standard InChI is InChI=1S/C17H17Cl2NOS/c1-11-6-8-13(9-7-11)10-22-12(2)17(21)20-16-14(18)4-3-5-15(16)19/h3-9,12H,10H2,1-2H3,(H,20,21). The van der Waals surface area contributed by atoms with E-state index < -0.39 is 0 Å². The molecule has 0 aliphatic carbocycles. The minimum atomic E-state index is -0.200. The summed E-state index contributed by atoms with van der Waals surface area (Å²) in [6.45, 7) is 3.93. The van der Waals surface area contributed by atoms with Crippen LogP contribution in [-0.4, -0.2) is 11.2 Å². The quantitative estimate of drug-likeness (QED) is 0.761. The van der Waals surface area contributed by atoms with Gasteiger partial charge in [0, 0.05) is 5.75 Å². The van der Waals surface area contributed by atoms with Gasteiger partial charge in [-0.2, -0.15) is 0 Å². The second kappa shape index (κ2) is 7.91. The van der Waals surface area contributed by atoms with E-state index in [4.69, 9.17) is 23.2 Å². The van der Waals surface area contributed by atoms with Crippen molar-refractivity contribution >= 4 is 46.6 Å². The summed E-state index contributed by atoms with van der Waals surface area (Å²) in [4.78, 5) is 12.2. The summed E-state index contributed by atoms with van der Waals surface area (Å²) < 4.78 is 0. The summed E-state index contributed by atoms with van der Waals surface area (Å²) in [6.07, 6.45) is 0. The first-order valence-corrected chi connectivity index (χ1v) is 8.70. The first kappa shape index (κ1) is 17.2. The number of rotatable bonds is 5. The lowest BCUT2D eigenvalue weighted by Crippen LogP contribution is -2.23. The molecule has 0 bridgehead atoms. The number of carbonyl (C=O) groups excluding carboxylic acids is 1. The second-order valence-corrected chi connectivity index (χ2v) is 7.17. The fourth-order valence-corrected chi connectivity index (χ4v) is 3.16. The number of benzene rings is 2. The molecule has 2 aromatic carbocycles. The number of hydrogen-bond donors (Lipinski definition) is 1. The lowest BCUT2D eigenvalue weighted by molar-refractivity contribution is -0.115. The van der Waals surface area contributed by atoms with Crippen LogP contribution in [0.5, 0.6) is 0 Å². The molecule has 2 rings (SSSR count). The van der Waals surface area contributed by atoms with Gasteiger partial charge < -0.3 is 5.32 Å². The third-order valence-corrected chi connectivity index (χ3v) is 5.04. The minimum Gasteiger partial charge on any atom is -0.323 e. The van der Waals surface area contributed by atoms with Crippen molar-refractivity contribution in [3.8, 4) is 0 Å². The molecule has 1 atom stereocenters. The molecule has 5 heteroatoms. The van der Waals surface area contributed by atoms with Crippen molar-refractivity contribution in [2.75, 3.05) is 5.32 Å². The highest BCUT2D eigenvalue weighted by atomic mass is 35.5. The Morgan fingerprint density at radius 1 is 1.14 bits per heavy atom. The van der Waals surface area contributed by atoms with Crippen LogP contribution in [0, 0.1) is 6.92 Å². The van der Waals surface area contributed by atoms with E-state index in [2.05, 4.69) is 36.5 Å². The van der Waals surface area contributed by atoms with E-state index in [9.17, 15) is 4.79 Å². The van der Waals surface area contributed by atoms with E-state index in [-0.39, 0.29) is 11.2 Å². The molecule has 1 N–H and O–H groups in total. The molecule has 0 saturated carbocycles. The Kier molecular flexibility index (Phi) is 6.18. The Morgan fingerprint density at radius 3 is 2.32 bits per heavy atom. The van der Waals surface area contributed by atoms with Crippen molar-refractivity contribution < 1.29 is 4.79 Å². The van der Waals surface area contributed by atoms with Gasteiger partial charge in [0.1, 0.15) is 0 Å². The van der Waals surface area contributed by atoms with Gasteiger partial charge in [-0.05, 0) is 31.5 Å². The van der Waals surface area contributed by atoms with Gasteiger partial charge in [-0.25, -0.2) is 0 Å². The molecule has 1 amide bonds. The maximum atomic E-state index is 12.2. The first-order valence-electron chi connectivity index (χ1n) is 6.89. The lowest BCUT2D eigenvalue weighted by atomic mass is 10.2. The summed E-state index contributed by atoms with van der Waals surface area (Å²) in [6, 6.07) is 13.5. The molecular weight excluding hydrogens is 337 g/mol. The third kappa shape index (κ3) is 4.67. The number of hydrogen-bond acceptors (Lipinski definition) is 2. The van der Waals surface area contributed by atoms with Crippen LogP contribution in [0.4, 0.5) is 5.69 Å².